The highest BCUT2D eigenvalue weighted by molar-refractivity contribution is 6.04. The smallest absolute Gasteiger partial charge is 0.393 e. The molecule has 30 heavy (non-hydrogen) atoms. The molecule has 3 rings (SSSR count). The van der Waals surface area contributed by atoms with Gasteiger partial charge in [-0.05, 0) is 30.7 Å². The lowest BCUT2D eigenvalue weighted by Crippen LogP contribution is -2.33. The number of carbonyl (C=O) groups excluding carboxylic acids is 1. The van der Waals surface area contributed by atoms with Gasteiger partial charge in [0.15, 0.2) is 5.82 Å². The molecule has 11 heteroatoms. The number of hydrogen-bond donors (Lipinski definition) is 3. The van der Waals surface area contributed by atoms with Crippen LogP contribution in [-0.2, 0) is 11.0 Å². The Hall–Kier alpha value is -3.05. The van der Waals surface area contributed by atoms with Gasteiger partial charge in [-0.15, -0.1) is 0 Å². The summed E-state index contributed by atoms with van der Waals surface area (Å²) >= 11 is 0. The SMILES string of the molecule is O=C(Nc1ccc(C(F)(F)F)cc1)C1=CCN(c2ncc([C@H](O)CO)nc2F)CC1. The van der Waals surface area contributed by atoms with E-state index >= 15 is 0 Å². The number of hydrogen-bond acceptors (Lipinski definition) is 6. The van der Waals surface area contributed by atoms with Crippen LogP contribution in [0.25, 0.3) is 0 Å². The molecule has 7 nitrogen and oxygen atoms in total. The van der Waals surface area contributed by atoms with Crippen LogP contribution in [0, 0.1) is 5.95 Å². The first-order valence-electron chi connectivity index (χ1n) is 8.93. The number of rotatable bonds is 5. The van der Waals surface area contributed by atoms with Gasteiger partial charge in [0.25, 0.3) is 11.9 Å². The summed E-state index contributed by atoms with van der Waals surface area (Å²) in [4.78, 5) is 21.4. The number of benzene rings is 1. The second kappa shape index (κ2) is 8.76. The number of aliphatic hydroxyl groups is 2. The van der Waals surface area contributed by atoms with E-state index in [1.54, 1.807) is 11.0 Å². The monoisotopic (exact) mass is 426 g/mol. The first-order chi connectivity index (χ1) is 14.2. The van der Waals surface area contributed by atoms with Crippen molar-refractivity contribution in [3.05, 3.63) is 59.3 Å². The molecule has 0 unspecified atom stereocenters. The average Bonchev–Trinajstić information content (AvgIpc) is 2.73. The van der Waals surface area contributed by atoms with Crippen molar-refractivity contribution in [3.8, 4) is 0 Å². The molecule has 0 bridgehead atoms. The minimum absolute atomic E-state index is 0.0534. The van der Waals surface area contributed by atoms with Crippen molar-refractivity contribution < 1.29 is 32.6 Å². The molecule has 1 amide bonds. The maximum absolute atomic E-state index is 14.2. The van der Waals surface area contributed by atoms with Crippen LogP contribution in [0.5, 0.6) is 0 Å². The standard InChI is InChI=1S/C19H18F4N4O3/c20-16-17(24-9-14(26-16)15(29)10-28)27-7-5-11(6-8-27)18(30)25-13-3-1-12(2-4-13)19(21,22)23/h1-5,9,15,28-29H,6-8,10H2,(H,25,30)/t15-/m1/s1. The van der Waals surface area contributed by atoms with Crippen LogP contribution < -0.4 is 10.2 Å². The van der Waals surface area contributed by atoms with Crippen LogP contribution in [0.2, 0.25) is 0 Å². The third-order valence-electron chi connectivity index (χ3n) is 4.52. The van der Waals surface area contributed by atoms with E-state index < -0.39 is 36.3 Å². The number of halogens is 4. The minimum atomic E-state index is -4.45. The second-order valence-corrected chi connectivity index (χ2v) is 6.56. The Kier molecular flexibility index (Phi) is 6.32. The van der Waals surface area contributed by atoms with Gasteiger partial charge >= 0.3 is 6.18 Å². The maximum Gasteiger partial charge on any atom is 0.416 e. The molecule has 2 heterocycles. The van der Waals surface area contributed by atoms with Crippen molar-refractivity contribution in [3.63, 3.8) is 0 Å². The van der Waals surface area contributed by atoms with Gasteiger partial charge in [-0.25, -0.2) is 9.97 Å². The number of nitrogens with one attached hydrogen (secondary N) is 1. The van der Waals surface area contributed by atoms with Crippen molar-refractivity contribution in [2.24, 2.45) is 0 Å². The summed E-state index contributed by atoms with van der Waals surface area (Å²) in [6.07, 6.45) is -2.79. The zero-order valence-corrected chi connectivity index (χ0v) is 15.5. The number of nitrogens with zero attached hydrogens (tertiary/aromatic N) is 3. The van der Waals surface area contributed by atoms with Crippen molar-refractivity contribution in [1.82, 2.24) is 9.97 Å². The van der Waals surface area contributed by atoms with E-state index in [1.165, 1.54) is 12.1 Å². The predicted octanol–water partition coefficient (Wildman–Crippen LogP) is 2.44. The van der Waals surface area contributed by atoms with Gasteiger partial charge in [-0.3, -0.25) is 4.79 Å². The van der Waals surface area contributed by atoms with E-state index in [1.807, 2.05) is 0 Å². The third kappa shape index (κ3) is 4.92. The Morgan fingerprint density at radius 1 is 1.27 bits per heavy atom. The lowest BCUT2D eigenvalue weighted by atomic mass is 10.1. The highest BCUT2D eigenvalue weighted by Gasteiger charge is 2.30. The molecule has 160 valence electrons. The summed E-state index contributed by atoms with van der Waals surface area (Å²) in [5.74, 6) is -1.42. The first kappa shape index (κ1) is 21.7. The van der Waals surface area contributed by atoms with Gasteiger partial charge in [-0.2, -0.15) is 17.6 Å². The number of amides is 1. The molecule has 0 aliphatic carbocycles. The van der Waals surface area contributed by atoms with Gasteiger partial charge in [0.1, 0.15) is 6.10 Å². The number of aromatic nitrogens is 2. The molecule has 1 aliphatic rings. The zero-order valence-electron chi connectivity index (χ0n) is 15.5. The Balaban J connectivity index is 1.63. The van der Waals surface area contributed by atoms with E-state index in [-0.39, 0.29) is 36.7 Å². The maximum atomic E-state index is 14.2. The highest BCUT2D eigenvalue weighted by atomic mass is 19.4. The van der Waals surface area contributed by atoms with Gasteiger partial charge in [0.05, 0.1) is 24.1 Å². The fourth-order valence-corrected chi connectivity index (χ4v) is 2.86. The number of carbonyl (C=O) groups is 1. The summed E-state index contributed by atoms with van der Waals surface area (Å²) in [5.41, 5.74) is -0.269. The molecule has 0 fully saturated rings. The van der Waals surface area contributed by atoms with E-state index in [0.717, 1.165) is 18.3 Å². The molecule has 0 saturated carbocycles. The van der Waals surface area contributed by atoms with Crippen LogP contribution in [0.3, 0.4) is 0 Å². The Labute approximate surface area is 168 Å². The molecule has 0 radical (unpaired) electrons. The average molecular weight is 426 g/mol. The first-order valence-corrected chi connectivity index (χ1v) is 8.93. The molecule has 0 spiro atoms. The zero-order chi connectivity index (χ0) is 21.9. The highest BCUT2D eigenvalue weighted by Crippen LogP contribution is 2.30. The molecular formula is C19H18F4N4O3. The molecule has 1 aromatic carbocycles. The molecule has 1 atom stereocenters. The molecule has 3 N–H and O–H groups in total. The number of alkyl halides is 3. The molecule has 1 aliphatic heterocycles. The van der Waals surface area contributed by atoms with Crippen LogP contribution in [0.4, 0.5) is 29.1 Å². The van der Waals surface area contributed by atoms with Crippen molar-refractivity contribution in [2.45, 2.75) is 18.7 Å². The van der Waals surface area contributed by atoms with E-state index in [0.29, 0.717) is 5.57 Å². The largest absolute Gasteiger partial charge is 0.416 e. The third-order valence-corrected chi connectivity index (χ3v) is 4.52. The lowest BCUT2D eigenvalue weighted by molar-refractivity contribution is -0.137. The summed E-state index contributed by atoms with van der Waals surface area (Å²) in [5, 5.41) is 20.9. The Morgan fingerprint density at radius 2 is 1.97 bits per heavy atom. The van der Waals surface area contributed by atoms with Crippen molar-refractivity contribution in [1.29, 1.82) is 0 Å². The molecule has 0 saturated heterocycles. The fourth-order valence-electron chi connectivity index (χ4n) is 2.86. The van der Waals surface area contributed by atoms with Gasteiger partial charge in [0, 0.05) is 24.4 Å². The van der Waals surface area contributed by atoms with Crippen LogP contribution in [0.15, 0.2) is 42.1 Å². The van der Waals surface area contributed by atoms with E-state index in [4.69, 9.17) is 5.11 Å². The quantitative estimate of drug-likeness (QED) is 0.636. The number of aliphatic hydroxyl groups excluding tert-OH is 2. The van der Waals surface area contributed by atoms with E-state index in [9.17, 15) is 27.5 Å². The van der Waals surface area contributed by atoms with Gasteiger partial charge < -0.3 is 20.4 Å². The summed E-state index contributed by atoms with van der Waals surface area (Å²) in [6, 6.07) is 4.10. The molecular weight excluding hydrogens is 408 g/mol. The Bertz CT molecular complexity index is 948. The predicted molar refractivity (Wildman–Crippen MR) is 99.0 cm³/mol. The topological polar surface area (TPSA) is 98.6 Å². The van der Waals surface area contributed by atoms with Crippen molar-refractivity contribution in [2.75, 3.05) is 29.9 Å². The van der Waals surface area contributed by atoms with Crippen LogP contribution in [-0.4, -0.2) is 45.8 Å². The lowest BCUT2D eigenvalue weighted by Gasteiger charge is -2.27. The van der Waals surface area contributed by atoms with Crippen molar-refractivity contribution >= 4 is 17.4 Å². The number of anilines is 2. The van der Waals surface area contributed by atoms with E-state index in [2.05, 4.69) is 15.3 Å². The summed E-state index contributed by atoms with van der Waals surface area (Å²) in [7, 11) is 0. The van der Waals surface area contributed by atoms with Gasteiger partial charge in [-0.1, -0.05) is 6.08 Å². The summed E-state index contributed by atoms with van der Waals surface area (Å²) < 4.78 is 52.0. The Morgan fingerprint density at radius 3 is 2.50 bits per heavy atom. The summed E-state index contributed by atoms with van der Waals surface area (Å²) in [6.45, 7) is -0.180. The molecule has 2 aromatic rings. The second-order valence-electron chi connectivity index (χ2n) is 6.56. The minimum Gasteiger partial charge on any atom is -0.393 e. The normalized spacial score (nSPS) is 15.5. The van der Waals surface area contributed by atoms with Crippen LogP contribution in [0.1, 0.15) is 23.8 Å². The van der Waals surface area contributed by atoms with Gasteiger partial charge in [0.2, 0.25) is 0 Å². The molecule has 1 aromatic heterocycles. The van der Waals surface area contributed by atoms with Crippen LogP contribution >= 0.6 is 0 Å². The fraction of sp³-hybridized carbons (Fsp3) is 0.316.